The second-order valence-corrected chi connectivity index (χ2v) is 6.83. The minimum Gasteiger partial charge on any atom is -0.481 e. The Kier molecular flexibility index (Phi) is 9.42. The molecule has 1 heterocycles. The molecule has 3 unspecified atom stereocenters. The lowest BCUT2D eigenvalue weighted by atomic mass is 10.0. The van der Waals surface area contributed by atoms with E-state index in [1.165, 1.54) is 12.5 Å². The van der Waals surface area contributed by atoms with Crippen LogP contribution in [0, 0.1) is 5.92 Å². The number of H-pyrrole nitrogens is 1. The van der Waals surface area contributed by atoms with Gasteiger partial charge >= 0.3 is 11.9 Å². The number of hydrogen-bond acceptors (Lipinski definition) is 7. The van der Waals surface area contributed by atoms with Gasteiger partial charge in [0.2, 0.25) is 17.7 Å². The van der Waals surface area contributed by atoms with Crippen molar-refractivity contribution in [2.45, 2.75) is 44.8 Å². The van der Waals surface area contributed by atoms with Gasteiger partial charge in [-0.2, -0.15) is 0 Å². The molecule has 0 aliphatic rings. The SMILES string of the molecule is CC(C)C(NC(=O)CN)C(=O)NC(Cc1cnc[nH]1)C(=O)NC(CC(=O)O)C(=O)O. The number of aromatic nitrogens is 2. The first-order valence-corrected chi connectivity index (χ1v) is 9.07. The highest BCUT2D eigenvalue weighted by atomic mass is 16.4. The number of aliphatic carboxylic acids is 2. The molecule has 1 rings (SSSR count). The summed E-state index contributed by atoms with van der Waals surface area (Å²) in [5.74, 6) is -5.44. The molecule has 0 spiro atoms. The molecule has 0 aliphatic heterocycles. The van der Waals surface area contributed by atoms with Gasteiger partial charge in [-0.3, -0.25) is 19.2 Å². The summed E-state index contributed by atoms with van der Waals surface area (Å²) in [6, 6.07) is -3.94. The van der Waals surface area contributed by atoms with Gasteiger partial charge in [0.05, 0.1) is 19.3 Å². The fourth-order valence-electron chi connectivity index (χ4n) is 2.50. The molecule has 166 valence electrons. The van der Waals surface area contributed by atoms with Gasteiger partial charge in [-0.25, -0.2) is 9.78 Å². The van der Waals surface area contributed by atoms with Crippen LogP contribution in [0.3, 0.4) is 0 Å². The maximum Gasteiger partial charge on any atom is 0.326 e. The number of carbonyl (C=O) groups is 5. The quantitative estimate of drug-likeness (QED) is 0.189. The van der Waals surface area contributed by atoms with Gasteiger partial charge in [0.1, 0.15) is 18.1 Å². The number of carbonyl (C=O) groups excluding carboxylic acids is 3. The molecule has 0 aromatic carbocycles. The third-order valence-corrected chi connectivity index (χ3v) is 4.06. The summed E-state index contributed by atoms with van der Waals surface area (Å²) in [5.41, 5.74) is 5.73. The standard InChI is InChI=1S/C17H26N6O7/c1-8(2)14(23-12(24)5-18)16(28)21-10(3-9-6-19-7-20-9)15(27)22-11(17(29)30)4-13(25)26/h6-8,10-11,14H,3-5,18H2,1-2H3,(H,19,20)(H,21,28)(H,22,27)(H,23,24)(H,25,26)(H,29,30). The minimum absolute atomic E-state index is 0.0768. The van der Waals surface area contributed by atoms with E-state index in [-0.39, 0.29) is 18.9 Å². The number of nitrogens with two attached hydrogens (primary N) is 1. The van der Waals surface area contributed by atoms with Crippen molar-refractivity contribution in [3.8, 4) is 0 Å². The molecule has 1 aromatic heterocycles. The number of rotatable bonds is 12. The van der Waals surface area contributed by atoms with E-state index in [1.54, 1.807) is 13.8 Å². The Balaban J connectivity index is 3.02. The lowest BCUT2D eigenvalue weighted by Crippen LogP contribution is -2.58. The highest BCUT2D eigenvalue weighted by Gasteiger charge is 2.31. The predicted octanol–water partition coefficient (Wildman–Crippen LogP) is -2.42. The second-order valence-electron chi connectivity index (χ2n) is 6.83. The first-order valence-electron chi connectivity index (χ1n) is 9.07. The van der Waals surface area contributed by atoms with Crippen molar-refractivity contribution in [1.82, 2.24) is 25.9 Å². The number of hydrogen-bond donors (Lipinski definition) is 7. The van der Waals surface area contributed by atoms with Crippen molar-refractivity contribution in [3.05, 3.63) is 18.2 Å². The molecule has 1 aromatic rings. The second kappa shape index (κ2) is 11.5. The van der Waals surface area contributed by atoms with Crippen molar-refractivity contribution in [2.75, 3.05) is 6.54 Å². The van der Waals surface area contributed by atoms with E-state index in [1.807, 2.05) is 0 Å². The zero-order valence-electron chi connectivity index (χ0n) is 16.5. The zero-order valence-corrected chi connectivity index (χ0v) is 16.5. The van der Waals surface area contributed by atoms with Crippen molar-refractivity contribution < 1.29 is 34.2 Å². The largest absolute Gasteiger partial charge is 0.481 e. The number of carboxylic acid groups (broad SMARTS) is 2. The lowest BCUT2D eigenvalue weighted by Gasteiger charge is -2.25. The third-order valence-electron chi connectivity index (χ3n) is 4.06. The van der Waals surface area contributed by atoms with Crippen LogP contribution < -0.4 is 21.7 Å². The molecule has 0 saturated heterocycles. The van der Waals surface area contributed by atoms with Gasteiger partial charge in [0, 0.05) is 18.3 Å². The molecule has 13 heteroatoms. The van der Waals surface area contributed by atoms with Crippen molar-refractivity contribution >= 4 is 29.7 Å². The first-order chi connectivity index (χ1) is 14.0. The topological polar surface area (TPSA) is 217 Å². The Morgan fingerprint density at radius 3 is 2.17 bits per heavy atom. The average molecular weight is 426 g/mol. The molecule has 30 heavy (non-hydrogen) atoms. The Morgan fingerprint density at radius 1 is 1.07 bits per heavy atom. The molecular formula is C17H26N6O7. The van der Waals surface area contributed by atoms with Crippen molar-refractivity contribution in [3.63, 3.8) is 0 Å². The van der Waals surface area contributed by atoms with Crippen LogP contribution in [-0.4, -0.2) is 74.5 Å². The Labute approximate surface area is 171 Å². The fourth-order valence-corrected chi connectivity index (χ4v) is 2.50. The normalized spacial score (nSPS) is 13.7. The zero-order chi connectivity index (χ0) is 22.8. The van der Waals surface area contributed by atoms with E-state index in [0.717, 1.165) is 0 Å². The van der Waals surface area contributed by atoms with Crippen LogP contribution in [-0.2, 0) is 30.4 Å². The maximum absolute atomic E-state index is 12.7. The molecule has 0 saturated carbocycles. The molecule has 0 radical (unpaired) electrons. The van der Waals surface area contributed by atoms with Gasteiger partial charge in [-0.15, -0.1) is 0 Å². The van der Waals surface area contributed by atoms with E-state index in [2.05, 4.69) is 25.9 Å². The molecule has 8 N–H and O–H groups in total. The lowest BCUT2D eigenvalue weighted by molar-refractivity contribution is -0.147. The summed E-state index contributed by atoms with van der Waals surface area (Å²) >= 11 is 0. The molecule has 3 amide bonds. The Bertz CT molecular complexity index is 765. The molecule has 3 atom stereocenters. The summed E-state index contributed by atoms with van der Waals surface area (Å²) < 4.78 is 0. The van der Waals surface area contributed by atoms with E-state index in [0.29, 0.717) is 5.69 Å². The third kappa shape index (κ3) is 7.87. The number of nitrogens with one attached hydrogen (secondary N) is 4. The van der Waals surface area contributed by atoms with E-state index < -0.39 is 54.2 Å². The number of imidazole rings is 1. The summed E-state index contributed by atoms with van der Waals surface area (Å²) in [6.45, 7) is 3.03. The van der Waals surface area contributed by atoms with Crippen LogP contribution in [0.4, 0.5) is 0 Å². The summed E-state index contributed by atoms with van der Waals surface area (Å²) in [7, 11) is 0. The summed E-state index contributed by atoms with van der Waals surface area (Å²) in [5, 5.41) is 25.0. The van der Waals surface area contributed by atoms with Crippen LogP contribution in [0.15, 0.2) is 12.5 Å². The van der Waals surface area contributed by atoms with Gasteiger partial charge < -0.3 is 36.9 Å². The maximum atomic E-state index is 12.7. The van der Waals surface area contributed by atoms with E-state index in [9.17, 15) is 24.0 Å². The van der Waals surface area contributed by atoms with Crippen molar-refractivity contribution in [1.29, 1.82) is 0 Å². The van der Waals surface area contributed by atoms with Crippen LogP contribution in [0.2, 0.25) is 0 Å². The van der Waals surface area contributed by atoms with Crippen LogP contribution in [0.25, 0.3) is 0 Å². The number of aromatic amines is 1. The molecule has 0 bridgehead atoms. The van der Waals surface area contributed by atoms with Crippen LogP contribution in [0.1, 0.15) is 26.0 Å². The van der Waals surface area contributed by atoms with Gasteiger partial charge in [0.15, 0.2) is 0 Å². The summed E-state index contributed by atoms with van der Waals surface area (Å²) in [4.78, 5) is 65.6. The molecule has 13 nitrogen and oxygen atoms in total. The fraction of sp³-hybridized carbons (Fsp3) is 0.529. The number of nitrogens with zero attached hydrogens (tertiary/aromatic N) is 1. The molecular weight excluding hydrogens is 400 g/mol. The van der Waals surface area contributed by atoms with Gasteiger partial charge in [0.25, 0.3) is 0 Å². The highest BCUT2D eigenvalue weighted by Crippen LogP contribution is 2.06. The highest BCUT2D eigenvalue weighted by molar-refractivity contribution is 5.94. The smallest absolute Gasteiger partial charge is 0.326 e. The number of carboxylic acids is 2. The van der Waals surface area contributed by atoms with Crippen LogP contribution >= 0.6 is 0 Å². The summed E-state index contributed by atoms with van der Waals surface area (Å²) in [6.07, 6.45) is 1.85. The molecule has 0 aliphatic carbocycles. The minimum atomic E-state index is -1.69. The Morgan fingerprint density at radius 2 is 1.70 bits per heavy atom. The average Bonchev–Trinajstić information content (AvgIpc) is 3.16. The van der Waals surface area contributed by atoms with E-state index in [4.69, 9.17) is 15.9 Å². The van der Waals surface area contributed by atoms with E-state index >= 15 is 0 Å². The molecule has 0 fully saturated rings. The predicted molar refractivity (Wildman–Crippen MR) is 102 cm³/mol. The Hall–Kier alpha value is -3.48. The van der Waals surface area contributed by atoms with Gasteiger partial charge in [-0.1, -0.05) is 13.8 Å². The number of amides is 3. The van der Waals surface area contributed by atoms with Gasteiger partial charge in [-0.05, 0) is 5.92 Å². The first kappa shape index (κ1) is 24.6. The van der Waals surface area contributed by atoms with Crippen molar-refractivity contribution in [2.24, 2.45) is 11.7 Å². The van der Waals surface area contributed by atoms with Crippen LogP contribution in [0.5, 0.6) is 0 Å². The monoisotopic (exact) mass is 426 g/mol.